The lowest BCUT2D eigenvalue weighted by Crippen LogP contribution is -2.51. The first-order valence-electron chi connectivity index (χ1n) is 12.1. The summed E-state index contributed by atoms with van der Waals surface area (Å²) < 4.78 is 8.14. The molecule has 2 aliphatic rings. The van der Waals surface area contributed by atoms with Crippen molar-refractivity contribution in [2.24, 2.45) is 5.92 Å². The average molecular weight is 488 g/mol. The molecule has 3 heterocycles. The Bertz CT molecular complexity index is 1020. The third-order valence-corrected chi connectivity index (χ3v) is 7.06. The molecule has 2 fully saturated rings. The number of amides is 2. The van der Waals surface area contributed by atoms with Gasteiger partial charge in [0, 0.05) is 75.3 Å². The lowest BCUT2D eigenvalue weighted by molar-refractivity contribution is -0.135. The zero-order valence-electron chi connectivity index (χ0n) is 20.2. The Morgan fingerprint density at radius 3 is 2.56 bits per heavy atom. The summed E-state index contributed by atoms with van der Waals surface area (Å²) in [4.78, 5) is 32.4. The molecule has 0 aliphatic carbocycles. The predicted molar refractivity (Wildman–Crippen MR) is 131 cm³/mol. The number of carbonyl (C=O) groups excluding carboxylic acids is 2. The Morgan fingerprint density at radius 2 is 1.88 bits per heavy atom. The average Bonchev–Trinajstić information content (AvgIpc) is 3.20. The number of hydrogen-bond acceptors (Lipinski definition) is 5. The summed E-state index contributed by atoms with van der Waals surface area (Å²) >= 11 is 6.15. The second-order valence-electron chi connectivity index (χ2n) is 9.29. The van der Waals surface area contributed by atoms with E-state index in [0.29, 0.717) is 42.4 Å². The van der Waals surface area contributed by atoms with Crippen molar-refractivity contribution in [1.82, 2.24) is 24.5 Å². The molecular weight excluding hydrogens is 454 g/mol. The highest BCUT2D eigenvalue weighted by Gasteiger charge is 2.36. The van der Waals surface area contributed by atoms with Gasteiger partial charge in [0.1, 0.15) is 11.9 Å². The van der Waals surface area contributed by atoms with Crippen molar-refractivity contribution in [3.05, 3.63) is 46.7 Å². The number of piperazine rings is 1. The van der Waals surface area contributed by atoms with Gasteiger partial charge < -0.3 is 19.4 Å². The van der Waals surface area contributed by atoms with Crippen LogP contribution in [0.5, 0.6) is 5.75 Å². The minimum absolute atomic E-state index is 0.0893. The fraction of sp³-hybridized carbons (Fsp3) is 0.560. The molecule has 4 rings (SSSR count). The first kappa shape index (κ1) is 24.5. The molecule has 0 N–H and O–H groups in total. The van der Waals surface area contributed by atoms with Crippen LogP contribution in [-0.4, -0.2) is 88.7 Å². The van der Waals surface area contributed by atoms with E-state index in [1.807, 2.05) is 52.6 Å². The van der Waals surface area contributed by atoms with E-state index in [4.69, 9.17) is 16.3 Å². The van der Waals surface area contributed by atoms with Crippen molar-refractivity contribution in [1.29, 1.82) is 0 Å². The lowest BCUT2D eigenvalue weighted by Gasteiger charge is -2.39. The van der Waals surface area contributed by atoms with E-state index in [1.54, 1.807) is 6.07 Å². The Balaban J connectivity index is 1.49. The van der Waals surface area contributed by atoms with Crippen molar-refractivity contribution in [3.8, 4) is 5.75 Å². The van der Waals surface area contributed by atoms with Crippen molar-refractivity contribution in [3.63, 3.8) is 0 Å². The van der Waals surface area contributed by atoms with Crippen LogP contribution in [0.25, 0.3) is 0 Å². The molecule has 2 aliphatic heterocycles. The minimum Gasteiger partial charge on any atom is -0.490 e. The van der Waals surface area contributed by atoms with E-state index in [-0.39, 0.29) is 23.8 Å². The van der Waals surface area contributed by atoms with Gasteiger partial charge in [0.05, 0.1) is 0 Å². The van der Waals surface area contributed by atoms with Gasteiger partial charge in [0.15, 0.2) is 5.69 Å². The minimum atomic E-state index is -0.172. The standard InChI is InChI=1S/C25H34ClN5O3/c1-4-31-18(2)14-22(27-31)25(33)30-9-8-23(34-21-7-5-6-20(26)16-21)19(17-30)15-24(32)29-12-10-28(3)11-13-29/h5-7,14,16,19,23H,4,8-13,15,17H2,1-3H3/t19-,23-/m0/s1. The van der Waals surface area contributed by atoms with Gasteiger partial charge in [-0.25, -0.2) is 0 Å². The maximum absolute atomic E-state index is 13.3. The van der Waals surface area contributed by atoms with Gasteiger partial charge in [-0.3, -0.25) is 14.3 Å². The van der Waals surface area contributed by atoms with E-state index < -0.39 is 0 Å². The van der Waals surface area contributed by atoms with Crippen LogP contribution in [0, 0.1) is 12.8 Å². The second-order valence-corrected chi connectivity index (χ2v) is 9.72. The monoisotopic (exact) mass is 487 g/mol. The van der Waals surface area contributed by atoms with Crippen molar-refractivity contribution >= 4 is 23.4 Å². The Morgan fingerprint density at radius 1 is 1.12 bits per heavy atom. The highest BCUT2D eigenvalue weighted by molar-refractivity contribution is 6.30. The Labute approximate surface area is 206 Å². The molecule has 9 heteroatoms. The Hall–Kier alpha value is -2.58. The van der Waals surface area contributed by atoms with Gasteiger partial charge in [0.2, 0.25) is 5.91 Å². The highest BCUT2D eigenvalue weighted by Crippen LogP contribution is 2.28. The fourth-order valence-electron chi connectivity index (χ4n) is 4.77. The largest absolute Gasteiger partial charge is 0.490 e. The quantitative estimate of drug-likeness (QED) is 0.626. The number of hydrogen-bond donors (Lipinski definition) is 0. The van der Waals surface area contributed by atoms with Crippen LogP contribution in [0.15, 0.2) is 30.3 Å². The summed E-state index contributed by atoms with van der Waals surface area (Å²) in [7, 11) is 2.07. The summed E-state index contributed by atoms with van der Waals surface area (Å²) in [5, 5.41) is 5.07. The molecule has 184 valence electrons. The molecule has 1 aromatic heterocycles. The molecular formula is C25H34ClN5O3. The van der Waals surface area contributed by atoms with Crippen LogP contribution >= 0.6 is 11.6 Å². The van der Waals surface area contributed by atoms with Crippen LogP contribution in [0.1, 0.15) is 35.9 Å². The topological polar surface area (TPSA) is 70.9 Å². The number of ether oxygens (including phenoxy) is 1. The van der Waals surface area contributed by atoms with E-state index in [2.05, 4.69) is 17.0 Å². The molecule has 0 spiro atoms. The van der Waals surface area contributed by atoms with Gasteiger partial charge >= 0.3 is 0 Å². The van der Waals surface area contributed by atoms with E-state index in [9.17, 15) is 9.59 Å². The fourth-order valence-corrected chi connectivity index (χ4v) is 4.95. The van der Waals surface area contributed by atoms with Crippen molar-refractivity contribution in [2.75, 3.05) is 46.3 Å². The van der Waals surface area contributed by atoms with Crippen molar-refractivity contribution in [2.45, 2.75) is 39.3 Å². The van der Waals surface area contributed by atoms with Gasteiger partial charge in [0.25, 0.3) is 5.91 Å². The number of carbonyl (C=O) groups is 2. The number of aromatic nitrogens is 2. The maximum Gasteiger partial charge on any atom is 0.274 e. The molecule has 0 unspecified atom stereocenters. The molecule has 2 aromatic rings. The molecule has 0 radical (unpaired) electrons. The number of likely N-dealkylation sites (N-methyl/N-ethyl adjacent to an activating group) is 1. The molecule has 2 saturated heterocycles. The van der Waals surface area contributed by atoms with E-state index >= 15 is 0 Å². The predicted octanol–water partition coefficient (Wildman–Crippen LogP) is 2.94. The van der Waals surface area contributed by atoms with E-state index in [0.717, 1.165) is 38.4 Å². The normalized spacial score (nSPS) is 21.5. The maximum atomic E-state index is 13.3. The van der Waals surface area contributed by atoms with Gasteiger partial charge in [-0.2, -0.15) is 5.10 Å². The summed E-state index contributed by atoms with van der Waals surface area (Å²) in [6, 6.07) is 9.17. The molecule has 0 bridgehead atoms. The number of piperidine rings is 1. The number of likely N-dealkylation sites (tertiary alicyclic amines) is 1. The molecule has 2 atom stereocenters. The number of benzene rings is 1. The SMILES string of the molecule is CCn1nc(C(=O)N2CC[C@H](Oc3cccc(Cl)c3)[C@@H](CC(=O)N3CCN(C)CC3)C2)cc1C. The van der Waals surface area contributed by atoms with E-state index in [1.165, 1.54) is 0 Å². The zero-order valence-corrected chi connectivity index (χ0v) is 21.0. The summed E-state index contributed by atoms with van der Waals surface area (Å²) in [5.74, 6) is 0.608. The molecule has 8 nitrogen and oxygen atoms in total. The smallest absolute Gasteiger partial charge is 0.274 e. The van der Waals surface area contributed by atoms with Crippen LogP contribution < -0.4 is 4.74 Å². The highest BCUT2D eigenvalue weighted by atomic mass is 35.5. The third kappa shape index (κ3) is 5.73. The van der Waals surface area contributed by atoms with Crippen LogP contribution in [-0.2, 0) is 11.3 Å². The number of aryl methyl sites for hydroxylation is 2. The third-order valence-electron chi connectivity index (χ3n) is 6.83. The summed E-state index contributed by atoms with van der Waals surface area (Å²) in [6.07, 6.45) is 0.821. The number of nitrogens with zero attached hydrogens (tertiary/aromatic N) is 5. The first-order chi connectivity index (χ1) is 16.3. The number of halogens is 1. The van der Waals surface area contributed by atoms with Gasteiger partial charge in [-0.05, 0) is 45.2 Å². The van der Waals surface area contributed by atoms with Gasteiger partial charge in [-0.15, -0.1) is 0 Å². The second kappa shape index (κ2) is 10.8. The summed E-state index contributed by atoms with van der Waals surface area (Å²) in [5.41, 5.74) is 1.42. The number of rotatable bonds is 6. The molecule has 1 aromatic carbocycles. The van der Waals surface area contributed by atoms with Crippen LogP contribution in [0.4, 0.5) is 0 Å². The Kier molecular flexibility index (Phi) is 7.78. The van der Waals surface area contributed by atoms with Gasteiger partial charge in [-0.1, -0.05) is 17.7 Å². The van der Waals surface area contributed by atoms with Crippen LogP contribution in [0.3, 0.4) is 0 Å². The zero-order chi connectivity index (χ0) is 24.2. The lowest BCUT2D eigenvalue weighted by atomic mass is 9.90. The van der Waals surface area contributed by atoms with Crippen LogP contribution in [0.2, 0.25) is 5.02 Å². The first-order valence-corrected chi connectivity index (χ1v) is 12.4. The molecule has 34 heavy (non-hydrogen) atoms. The van der Waals surface area contributed by atoms with Crippen molar-refractivity contribution < 1.29 is 14.3 Å². The summed E-state index contributed by atoms with van der Waals surface area (Å²) in [6.45, 7) is 8.92. The molecule has 2 amide bonds. The molecule has 0 saturated carbocycles.